The Morgan fingerprint density at radius 1 is 0.409 bits per heavy atom. The van der Waals surface area contributed by atoms with E-state index in [2.05, 4.69) is 156 Å². The first-order valence-corrected chi connectivity index (χ1v) is 14.8. The van der Waals surface area contributed by atoms with Crippen LogP contribution in [0, 0.1) is 0 Å². The van der Waals surface area contributed by atoms with Crippen molar-refractivity contribution in [1.82, 2.24) is 19.9 Å². The zero-order valence-electron chi connectivity index (χ0n) is 23.8. The molecule has 0 atom stereocenters. The fourth-order valence-electron chi connectivity index (χ4n) is 6.53. The molecule has 8 bridgehead atoms. The number of rotatable bonds is 2. The Balaban J connectivity index is 1.38. The third kappa shape index (κ3) is 4.08. The smallest absolute Gasteiger partial charge is 0.0737 e. The van der Waals surface area contributed by atoms with Gasteiger partial charge in [0.15, 0.2) is 0 Å². The summed E-state index contributed by atoms with van der Waals surface area (Å²) in [6.07, 6.45) is 8.42. The highest BCUT2D eigenvalue weighted by Crippen LogP contribution is 2.37. The first-order valence-electron chi connectivity index (χ1n) is 14.8. The molecule has 2 N–H and O–H groups in total. The summed E-state index contributed by atoms with van der Waals surface area (Å²) in [6, 6.07) is 42.7. The molecule has 4 heteroatoms. The van der Waals surface area contributed by atoms with Gasteiger partial charge in [0, 0.05) is 33.2 Å². The average molecular weight is 563 g/mol. The van der Waals surface area contributed by atoms with E-state index in [4.69, 9.17) is 9.97 Å². The molecule has 2 aliphatic rings. The molecule has 0 spiro atoms. The predicted octanol–water partition coefficient (Wildman–Crippen LogP) is 10.3. The summed E-state index contributed by atoms with van der Waals surface area (Å²) in [4.78, 5) is 17.6. The lowest BCUT2D eigenvalue weighted by molar-refractivity contribution is 1.31. The quantitative estimate of drug-likeness (QED) is 0.220. The van der Waals surface area contributed by atoms with Crippen LogP contribution in [0.2, 0.25) is 0 Å². The Morgan fingerprint density at radius 3 is 1.36 bits per heavy atom. The van der Waals surface area contributed by atoms with E-state index >= 15 is 0 Å². The van der Waals surface area contributed by atoms with Crippen molar-refractivity contribution in [3.63, 3.8) is 0 Å². The van der Waals surface area contributed by atoms with E-state index in [-0.39, 0.29) is 0 Å². The van der Waals surface area contributed by atoms with Crippen LogP contribution >= 0.6 is 0 Å². The maximum atomic E-state index is 5.14. The zero-order valence-corrected chi connectivity index (χ0v) is 23.8. The van der Waals surface area contributed by atoms with Gasteiger partial charge in [0.05, 0.1) is 22.8 Å². The van der Waals surface area contributed by atoms with Gasteiger partial charge in [0.25, 0.3) is 0 Å². The molecule has 0 saturated heterocycles. The van der Waals surface area contributed by atoms with Gasteiger partial charge in [-0.05, 0) is 93.4 Å². The van der Waals surface area contributed by atoms with E-state index in [1.165, 1.54) is 21.5 Å². The van der Waals surface area contributed by atoms with Crippen molar-refractivity contribution in [1.29, 1.82) is 0 Å². The summed E-state index contributed by atoms with van der Waals surface area (Å²) in [6.45, 7) is 0. The first kappa shape index (κ1) is 24.6. The van der Waals surface area contributed by atoms with Gasteiger partial charge >= 0.3 is 0 Å². The van der Waals surface area contributed by atoms with Gasteiger partial charge < -0.3 is 9.97 Å². The van der Waals surface area contributed by atoms with E-state index in [0.717, 1.165) is 67.1 Å². The van der Waals surface area contributed by atoms with Gasteiger partial charge in [0.1, 0.15) is 0 Å². The standard InChI is InChI=1S/C40H26N4/c1-3-11-31-25(7-1)9-5-13-33(31)39-35-19-15-27(41-35)23-29-17-21-37(43-29)40(34-14-6-10-26-8-2-4-12-32(26)34)38-22-18-30(44-38)24-28-16-20-36(39)42-28/h1-24,41,44H. The largest absolute Gasteiger partial charge is 0.355 e. The molecule has 0 saturated carbocycles. The summed E-state index contributed by atoms with van der Waals surface area (Å²) in [5, 5.41) is 4.79. The highest BCUT2D eigenvalue weighted by atomic mass is 14.8. The molecule has 0 aliphatic carbocycles. The second-order valence-electron chi connectivity index (χ2n) is 11.3. The third-order valence-electron chi connectivity index (χ3n) is 8.52. The van der Waals surface area contributed by atoms with Crippen LogP contribution in [0.5, 0.6) is 0 Å². The molecule has 44 heavy (non-hydrogen) atoms. The Bertz CT molecular complexity index is 2320. The summed E-state index contributed by atoms with van der Waals surface area (Å²) in [5.74, 6) is 0. The highest BCUT2D eigenvalue weighted by Gasteiger charge is 2.15. The van der Waals surface area contributed by atoms with E-state index in [1.807, 2.05) is 0 Å². The van der Waals surface area contributed by atoms with Crippen molar-refractivity contribution in [3.05, 3.63) is 144 Å². The van der Waals surface area contributed by atoms with Crippen LogP contribution < -0.4 is 0 Å². The summed E-state index contributed by atoms with van der Waals surface area (Å²) in [5.41, 5.74) is 12.1. The van der Waals surface area contributed by atoms with Crippen molar-refractivity contribution >= 4 is 67.9 Å². The Morgan fingerprint density at radius 2 is 0.864 bits per heavy atom. The number of aromatic nitrogens is 4. The molecule has 0 unspecified atom stereocenters. The lowest BCUT2D eigenvalue weighted by Gasteiger charge is -2.08. The van der Waals surface area contributed by atoms with E-state index in [0.29, 0.717) is 0 Å². The first-order chi connectivity index (χ1) is 21.8. The maximum absolute atomic E-state index is 5.14. The second kappa shape index (κ2) is 9.79. The molecule has 0 radical (unpaired) electrons. The van der Waals surface area contributed by atoms with Crippen molar-refractivity contribution in [2.45, 2.75) is 0 Å². The number of benzene rings is 4. The molecule has 0 fully saturated rings. The fourth-order valence-corrected chi connectivity index (χ4v) is 6.53. The number of nitrogens with one attached hydrogen (secondary N) is 2. The van der Waals surface area contributed by atoms with Gasteiger partial charge in [-0.25, -0.2) is 9.97 Å². The second-order valence-corrected chi connectivity index (χ2v) is 11.3. The summed E-state index contributed by atoms with van der Waals surface area (Å²) in [7, 11) is 0. The number of hydrogen-bond acceptors (Lipinski definition) is 2. The van der Waals surface area contributed by atoms with Crippen molar-refractivity contribution in [2.24, 2.45) is 0 Å². The molecule has 7 aromatic rings. The maximum Gasteiger partial charge on any atom is 0.0737 e. The summed E-state index contributed by atoms with van der Waals surface area (Å²) < 4.78 is 0. The van der Waals surface area contributed by atoms with E-state index in [9.17, 15) is 0 Å². The lowest BCUT2D eigenvalue weighted by atomic mass is 9.97. The minimum atomic E-state index is 0.900. The molecule has 2 aliphatic heterocycles. The van der Waals surface area contributed by atoms with Crippen molar-refractivity contribution < 1.29 is 0 Å². The van der Waals surface area contributed by atoms with Gasteiger partial charge in [-0.2, -0.15) is 0 Å². The molecule has 0 amide bonds. The van der Waals surface area contributed by atoms with Crippen LogP contribution in [0.15, 0.2) is 121 Å². The van der Waals surface area contributed by atoms with Gasteiger partial charge in [-0.3, -0.25) is 0 Å². The number of nitrogens with zero attached hydrogens (tertiary/aromatic N) is 2. The molecule has 9 rings (SSSR count). The predicted molar refractivity (Wildman–Crippen MR) is 185 cm³/mol. The molecule has 3 aromatic heterocycles. The number of hydrogen-bond donors (Lipinski definition) is 2. The van der Waals surface area contributed by atoms with Crippen LogP contribution in [-0.4, -0.2) is 19.9 Å². The van der Waals surface area contributed by atoms with Crippen LogP contribution in [0.4, 0.5) is 0 Å². The van der Waals surface area contributed by atoms with E-state index < -0.39 is 0 Å². The average Bonchev–Trinajstić information content (AvgIpc) is 3.88. The Kier molecular flexibility index (Phi) is 5.47. The van der Waals surface area contributed by atoms with Gasteiger partial charge in [-0.15, -0.1) is 0 Å². The number of fused-ring (bicyclic) bond motifs is 10. The molecular weight excluding hydrogens is 536 g/mol. The molecule has 4 aromatic carbocycles. The van der Waals surface area contributed by atoms with Crippen LogP contribution in [-0.2, 0) is 0 Å². The fraction of sp³-hybridized carbons (Fsp3) is 0. The van der Waals surface area contributed by atoms with Crippen LogP contribution in [0.3, 0.4) is 0 Å². The zero-order chi connectivity index (χ0) is 29.0. The minimum Gasteiger partial charge on any atom is -0.355 e. The molecule has 206 valence electrons. The van der Waals surface area contributed by atoms with E-state index in [1.54, 1.807) is 0 Å². The molecule has 4 nitrogen and oxygen atoms in total. The monoisotopic (exact) mass is 562 g/mol. The van der Waals surface area contributed by atoms with Crippen molar-refractivity contribution in [3.8, 4) is 22.3 Å². The minimum absolute atomic E-state index is 0.900. The topological polar surface area (TPSA) is 57.4 Å². The van der Waals surface area contributed by atoms with Crippen LogP contribution in [0.1, 0.15) is 22.8 Å². The SMILES string of the molecule is C1=Cc2nc1cc1ccc([nH]1)c(-c1cccc3ccccc13)c1nc(cc3ccc([nH]3)c2-c2cccc3ccccc23)C=C1. The normalized spacial score (nSPS) is 12.4. The summed E-state index contributed by atoms with van der Waals surface area (Å²) >= 11 is 0. The Hall–Kier alpha value is -6.00. The number of H-pyrrole nitrogens is 2. The lowest BCUT2D eigenvalue weighted by Crippen LogP contribution is -1.88. The van der Waals surface area contributed by atoms with Gasteiger partial charge in [-0.1, -0.05) is 84.9 Å². The third-order valence-corrected chi connectivity index (χ3v) is 8.52. The van der Waals surface area contributed by atoms with Gasteiger partial charge in [0.2, 0.25) is 0 Å². The Labute approximate surface area is 253 Å². The van der Waals surface area contributed by atoms with Crippen molar-refractivity contribution in [2.75, 3.05) is 0 Å². The van der Waals surface area contributed by atoms with Crippen LogP contribution in [0.25, 0.3) is 90.2 Å². The highest BCUT2D eigenvalue weighted by molar-refractivity contribution is 6.05. The molecule has 5 heterocycles. The number of aromatic amines is 2. The molecular formula is C40H26N4.